The van der Waals surface area contributed by atoms with E-state index in [9.17, 15) is 4.79 Å². The second-order valence-corrected chi connectivity index (χ2v) is 10.9. The van der Waals surface area contributed by atoms with Gasteiger partial charge in [-0.3, -0.25) is 0 Å². The third kappa shape index (κ3) is 4.00. The highest BCUT2D eigenvalue weighted by Crippen LogP contribution is 2.50. The van der Waals surface area contributed by atoms with Gasteiger partial charge in [0, 0.05) is 10.1 Å². The molecule has 1 aliphatic carbocycles. The Morgan fingerprint density at radius 1 is 0.938 bits per heavy atom. The van der Waals surface area contributed by atoms with E-state index in [2.05, 4.69) is 54.6 Å². The topological polar surface area (TPSA) is 29.5 Å². The normalized spacial score (nSPS) is 18.0. The molecule has 1 spiro atoms. The molecule has 3 aromatic rings. The van der Waals surface area contributed by atoms with Gasteiger partial charge in [0.15, 0.2) is 0 Å². The lowest BCUT2D eigenvalue weighted by atomic mass is 9.80. The molecular formula is C28H29NO2S. The molecule has 164 valence electrons. The van der Waals surface area contributed by atoms with Crippen LogP contribution in [-0.2, 0) is 4.74 Å². The predicted molar refractivity (Wildman–Crippen MR) is 133 cm³/mol. The number of hydrogen-bond donors (Lipinski definition) is 0. The maximum absolute atomic E-state index is 13.6. The summed E-state index contributed by atoms with van der Waals surface area (Å²) in [5.74, 6) is 0. The average molecular weight is 444 g/mol. The van der Waals surface area contributed by atoms with Crippen molar-refractivity contribution in [2.45, 2.75) is 52.1 Å². The highest BCUT2D eigenvalue weighted by molar-refractivity contribution is 7.20. The van der Waals surface area contributed by atoms with Crippen LogP contribution in [0.2, 0.25) is 0 Å². The molecule has 0 atom stereocenters. The summed E-state index contributed by atoms with van der Waals surface area (Å²) in [6, 6.07) is 20.9. The van der Waals surface area contributed by atoms with E-state index in [1.54, 1.807) is 16.2 Å². The Labute approximate surface area is 194 Å². The van der Waals surface area contributed by atoms with Crippen molar-refractivity contribution in [2.24, 2.45) is 5.41 Å². The number of carbonyl (C=O) groups is 1. The van der Waals surface area contributed by atoms with Gasteiger partial charge in [0.05, 0.1) is 16.3 Å². The van der Waals surface area contributed by atoms with Gasteiger partial charge in [-0.1, -0.05) is 61.4 Å². The molecule has 1 aliphatic heterocycles. The first-order chi connectivity index (χ1) is 15.3. The molecular weight excluding hydrogens is 414 g/mol. The summed E-state index contributed by atoms with van der Waals surface area (Å²) in [6.07, 6.45) is 8.96. The largest absolute Gasteiger partial charge is 0.443 e. The third-order valence-electron chi connectivity index (χ3n) is 6.19. The minimum atomic E-state index is -0.577. The van der Waals surface area contributed by atoms with Gasteiger partial charge < -0.3 is 4.74 Å². The Hall–Kier alpha value is -2.85. The molecule has 0 radical (unpaired) electrons. The number of fused-ring (bicyclic) bond motifs is 1. The molecule has 1 saturated carbocycles. The van der Waals surface area contributed by atoms with Crippen molar-refractivity contribution < 1.29 is 9.53 Å². The van der Waals surface area contributed by atoms with E-state index in [0.717, 1.165) is 34.7 Å². The summed E-state index contributed by atoms with van der Waals surface area (Å²) >= 11 is 1.74. The molecule has 1 amide bonds. The highest BCUT2D eigenvalue weighted by Gasteiger charge is 2.40. The second-order valence-electron chi connectivity index (χ2n) is 9.83. The van der Waals surface area contributed by atoms with Crippen LogP contribution in [-0.4, -0.2) is 16.6 Å². The third-order valence-corrected chi connectivity index (χ3v) is 7.33. The van der Waals surface area contributed by atoms with Gasteiger partial charge >= 0.3 is 6.09 Å². The van der Waals surface area contributed by atoms with Crippen molar-refractivity contribution in [3.63, 3.8) is 0 Å². The van der Waals surface area contributed by atoms with Crippen molar-refractivity contribution in [1.82, 2.24) is 4.90 Å². The Morgan fingerprint density at radius 2 is 1.59 bits per heavy atom. The number of amides is 1. The summed E-state index contributed by atoms with van der Waals surface area (Å²) in [7, 11) is 0. The summed E-state index contributed by atoms with van der Waals surface area (Å²) in [5, 5.41) is 1.20. The molecule has 0 unspecified atom stereocenters. The number of thiophene rings is 1. The zero-order valence-corrected chi connectivity index (χ0v) is 19.7. The van der Waals surface area contributed by atoms with Gasteiger partial charge in [-0.05, 0) is 68.8 Å². The number of rotatable bonds is 2. The Morgan fingerprint density at radius 3 is 2.28 bits per heavy atom. The Balaban J connectivity index is 1.70. The Kier molecular flexibility index (Phi) is 5.21. The first kappa shape index (κ1) is 21.0. The monoisotopic (exact) mass is 443 g/mol. The summed E-state index contributed by atoms with van der Waals surface area (Å²) < 4.78 is 7.14. The van der Waals surface area contributed by atoms with Crippen molar-refractivity contribution in [3.8, 4) is 0 Å². The standard InChI is InChI=1S/C28H29NO2S/c1-27(2,3)31-26(30)29-22(20-11-5-4-6-12-20)18-28(15-9-10-16-28)19-23(29)25-17-21-13-7-8-14-24(21)32-25/h4-8,11-14,17-19H,9-10,15-16H2,1-3H3. The van der Waals surface area contributed by atoms with Gasteiger partial charge in [-0.25, -0.2) is 9.69 Å². The predicted octanol–water partition coefficient (Wildman–Crippen LogP) is 8.09. The molecule has 32 heavy (non-hydrogen) atoms. The van der Waals surface area contributed by atoms with E-state index in [1.165, 1.54) is 22.9 Å². The van der Waals surface area contributed by atoms with Crippen LogP contribution in [0.5, 0.6) is 0 Å². The fraction of sp³-hybridized carbons (Fsp3) is 0.321. The van der Waals surface area contributed by atoms with Gasteiger partial charge in [-0.15, -0.1) is 11.3 Å². The second kappa shape index (κ2) is 7.93. The van der Waals surface area contributed by atoms with Crippen LogP contribution in [0.25, 0.3) is 21.5 Å². The molecule has 0 N–H and O–H groups in total. The Bertz CT molecular complexity index is 1170. The first-order valence-electron chi connectivity index (χ1n) is 11.4. The van der Waals surface area contributed by atoms with Crippen LogP contribution >= 0.6 is 11.3 Å². The highest BCUT2D eigenvalue weighted by atomic mass is 32.1. The SMILES string of the molecule is CC(C)(C)OC(=O)N1C(c2ccccc2)=CC2(C=C1c1cc3ccccc3s1)CCCC2. The van der Waals surface area contributed by atoms with E-state index >= 15 is 0 Å². The number of carbonyl (C=O) groups excluding carboxylic acids is 1. The number of hydrogen-bond acceptors (Lipinski definition) is 3. The molecule has 2 aromatic carbocycles. The van der Waals surface area contributed by atoms with Crippen LogP contribution in [0.1, 0.15) is 56.9 Å². The zero-order valence-electron chi connectivity index (χ0n) is 18.9. The van der Waals surface area contributed by atoms with Crippen molar-refractivity contribution in [2.75, 3.05) is 0 Å². The maximum Gasteiger partial charge on any atom is 0.419 e. The molecule has 3 nitrogen and oxygen atoms in total. The zero-order chi connectivity index (χ0) is 22.3. The summed E-state index contributed by atoms with van der Waals surface area (Å²) in [4.78, 5) is 16.5. The first-order valence-corrected chi connectivity index (χ1v) is 12.2. The van der Waals surface area contributed by atoms with Gasteiger partial charge in [-0.2, -0.15) is 0 Å². The van der Waals surface area contributed by atoms with Crippen LogP contribution < -0.4 is 0 Å². The van der Waals surface area contributed by atoms with Crippen molar-refractivity contribution in [3.05, 3.63) is 83.3 Å². The smallest absolute Gasteiger partial charge is 0.419 e. The summed E-state index contributed by atoms with van der Waals surface area (Å²) in [5.41, 5.74) is 2.32. The number of benzene rings is 2. The fourth-order valence-electron chi connectivity index (χ4n) is 4.78. The van der Waals surface area contributed by atoms with Gasteiger partial charge in [0.25, 0.3) is 0 Å². The van der Waals surface area contributed by atoms with Crippen molar-refractivity contribution in [1.29, 1.82) is 0 Å². The quantitative estimate of drug-likeness (QED) is 0.400. The fourth-order valence-corrected chi connectivity index (χ4v) is 5.85. The molecule has 2 heterocycles. The van der Waals surface area contributed by atoms with Crippen molar-refractivity contribution >= 4 is 38.9 Å². The number of allylic oxidation sites excluding steroid dienone is 2. The van der Waals surface area contributed by atoms with E-state index in [4.69, 9.17) is 4.74 Å². The number of ether oxygens (including phenoxy) is 1. The van der Waals surface area contributed by atoms with E-state index in [1.807, 2.05) is 39.0 Å². The lowest BCUT2D eigenvalue weighted by Gasteiger charge is -2.38. The molecule has 2 aliphatic rings. The van der Waals surface area contributed by atoms with E-state index < -0.39 is 5.60 Å². The molecule has 0 bridgehead atoms. The van der Waals surface area contributed by atoms with E-state index in [0.29, 0.717) is 0 Å². The molecule has 0 saturated heterocycles. The van der Waals surface area contributed by atoms with Gasteiger partial charge in [0.2, 0.25) is 0 Å². The molecule has 5 rings (SSSR count). The van der Waals surface area contributed by atoms with Crippen LogP contribution in [0.4, 0.5) is 4.79 Å². The molecule has 1 aromatic heterocycles. The maximum atomic E-state index is 13.6. The number of nitrogens with zero attached hydrogens (tertiary/aromatic N) is 1. The lowest BCUT2D eigenvalue weighted by molar-refractivity contribution is 0.0423. The minimum Gasteiger partial charge on any atom is -0.443 e. The van der Waals surface area contributed by atoms with Gasteiger partial charge in [0.1, 0.15) is 5.60 Å². The lowest BCUT2D eigenvalue weighted by Crippen LogP contribution is -2.37. The van der Waals surface area contributed by atoms with E-state index in [-0.39, 0.29) is 11.5 Å². The summed E-state index contributed by atoms with van der Waals surface area (Å²) in [6.45, 7) is 5.76. The van der Waals surface area contributed by atoms with Crippen LogP contribution in [0.15, 0.2) is 72.8 Å². The molecule has 1 fully saturated rings. The van der Waals surface area contributed by atoms with Crippen LogP contribution in [0.3, 0.4) is 0 Å². The van der Waals surface area contributed by atoms with Crippen LogP contribution in [0, 0.1) is 5.41 Å². The minimum absolute atomic E-state index is 0.0187. The average Bonchev–Trinajstić information content (AvgIpc) is 3.39. The molecule has 4 heteroatoms.